The van der Waals surface area contributed by atoms with Crippen LogP contribution in [0.1, 0.15) is 10.4 Å². The van der Waals surface area contributed by atoms with Crippen LogP contribution in [0.15, 0.2) is 54.6 Å². The van der Waals surface area contributed by atoms with E-state index in [9.17, 15) is 9.59 Å². The number of carboxylic acids is 1. The van der Waals surface area contributed by atoms with E-state index in [1.54, 1.807) is 12.1 Å². The summed E-state index contributed by atoms with van der Waals surface area (Å²) in [4.78, 5) is 22.3. The molecule has 0 saturated carbocycles. The second-order valence-electron chi connectivity index (χ2n) is 4.51. The topological polar surface area (TPSA) is 86.6 Å². The van der Waals surface area contributed by atoms with Crippen molar-refractivity contribution in [2.75, 3.05) is 6.54 Å². The molecular formula is C16H15NO4. The first-order valence-corrected chi connectivity index (χ1v) is 6.42. The molecule has 0 saturated heterocycles. The highest BCUT2D eigenvalue weighted by Gasteiger charge is 2.14. The van der Waals surface area contributed by atoms with Gasteiger partial charge in [0, 0.05) is 5.56 Å². The molecule has 0 aliphatic carbocycles. The lowest BCUT2D eigenvalue weighted by Crippen LogP contribution is -2.36. The number of aliphatic hydroxyl groups is 1. The van der Waals surface area contributed by atoms with Crippen LogP contribution in [0.25, 0.3) is 11.1 Å². The molecule has 108 valence electrons. The molecule has 5 heteroatoms. The summed E-state index contributed by atoms with van der Waals surface area (Å²) in [5, 5.41) is 20.0. The summed E-state index contributed by atoms with van der Waals surface area (Å²) in [6.45, 7) is -0.325. The first kappa shape index (κ1) is 14.7. The summed E-state index contributed by atoms with van der Waals surface area (Å²) in [6.07, 6.45) is -1.60. The first-order chi connectivity index (χ1) is 10.1. The Labute approximate surface area is 121 Å². The Kier molecular flexibility index (Phi) is 4.68. The van der Waals surface area contributed by atoms with E-state index in [2.05, 4.69) is 5.32 Å². The van der Waals surface area contributed by atoms with Gasteiger partial charge in [0.15, 0.2) is 6.10 Å². The fourth-order valence-electron chi connectivity index (χ4n) is 1.82. The van der Waals surface area contributed by atoms with E-state index in [0.717, 1.165) is 11.1 Å². The predicted molar refractivity (Wildman–Crippen MR) is 77.9 cm³/mol. The number of nitrogens with one attached hydrogen (secondary N) is 1. The van der Waals surface area contributed by atoms with Gasteiger partial charge in [-0.05, 0) is 23.3 Å². The maximum Gasteiger partial charge on any atom is 0.334 e. The van der Waals surface area contributed by atoms with Gasteiger partial charge in [0.05, 0.1) is 6.54 Å². The molecule has 0 radical (unpaired) electrons. The maximum absolute atomic E-state index is 11.8. The molecule has 2 aromatic carbocycles. The summed E-state index contributed by atoms with van der Waals surface area (Å²) in [5.41, 5.74) is 2.44. The standard InChI is InChI=1S/C16H15NO4/c18-14(16(20)21)10-17-15(19)13-8-6-12(7-9-13)11-4-2-1-3-5-11/h1-9,14,18H,10H2,(H,17,19)(H,20,21)/t14-/m0/s1. The molecule has 0 fully saturated rings. The molecule has 1 atom stereocenters. The van der Waals surface area contributed by atoms with Gasteiger partial charge >= 0.3 is 5.97 Å². The molecule has 1 amide bonds. The number of carbonyl (C=O) groups excluding carboxylic acids is 1. The van der Waals surface area contributed by atoms with Gasteiger partial charge in [0.1, 0.15) is 0 Å². The lowest BCUT2D eigenvalue weighted by atomic mass is 10.0. The van der Waals surface area contributed by atoms with Gasteiger partial charge in [0.2, 0.25) is 0 Å². The predicted octanol–water partition coefficient (Wildman–Crippen LogP) is 1.53. The Bertz CT molecular complexity index is 622. The average Bonchev–Trinajstić information content (AvgIpc) is 2.53. The molecule has 5 nitrogen and oxygen atoms in total. The molecule has 0 spiro atoms. The molecule has 2 aromatic rings. The minimum absolute atomic E-state index is 0.325. The summed E-state index contributed by atoms with van der Waals surface area (Å²) < 4.78 is 0. The van der Waals surface area contributed by atoms with Crippen molar-refractivity contribution in [3.63, 3.8) is 0 Å². The van der Waals surface area contributed by atoms with E-state index in [1.807, 2.05) is 42.5 Å². The maximum atomic E-state index is 11.8. The molecular weight excluding hydrogens is 270 g/mol. The third kappa shape index (κ3) is 3.90. The van der Waals surface area contributed by atoms with E-state index in [4.69, 9.17) is 10.2 Å². The highest BCUT2D eigenvalue weighted by atomic mass is 16.4. The quantitative estimate of drug-likeness (QED) is 0.777. The molecule has 0 aromatic heterocycles. The van der Waals surface area contributed by atoms with Gasteiger partial charge in [-0.3, -0.25) is 4.79 Å². The Balaban J connectivity index is 2.02. The molecule has 2 rings (SSSR count). The van der Waals surface area contributed by atoms with E-state index in [-0.39, 0.29) is 6.54 Å². The lowest BCUT2D eigenvalue weighted by Gasteiger charge is -2.08. The zero-order valence-electron chi connectivity index (χ0n) is 11.2. The van der Waals surface area contributed by atoms with E-state index >= 15 is 0 Å². The molecule has 0 heterocycles. The minimum Gasteiger partial charge on any atom is -0.479 e. The zero-order chi connectivity index (χ0) is 15.2. The van der Waals surface area contributed by atoms with Crippen molar-refractivity contribution in [1.82, 2.24) is 5.32 Å². The van der Waals surface area contributed by atoms with Crippen LogP contribution in [0.4, 0.5) is 0 Å². The van der Waals surface area contributed by atoms with Gasteiger partial charge in [-0.25, -0.2) is 4.79 Å². The zero-order valence-corrected chi connectivity index (χ0v) is 11.2. The summed E-state index contributed by atoms with van der Waals surface area (Å²) >= 11 is 0. The molecule has 3 N–H and O–H groups in total. The fraction of sp³-hybridized carbons (Fsp3) is 0.125. The second-order valence-corrected chi connectivity index (χ2v) is 4.51. The third-order valence-corrected chi connectivity index (χ3v) is 3.00. The Morgan fingerprint density at radius 2 is 1.52 bits per heavy atom. The van der Waals surface area contributed by atoms with Crippen molar-refractivity contribution in [3.8, 4) is 11.1 Å². The highest BCUT2D eigenvalue weighted by molar-refractivity contribution is 5.95. The van der Waals surface area contributed by atoms with Gasteiger partial charge in [-0.1, -0.05) is 42.5 Å². The summed E-state index contributed by atoms with van der Waals surface area (Å²) in [5.74, 6) is -1.79. The van der Waals surface area contributed by atoms with Crippen LogP contribution in [-0.4, -0.2) is 34.7 Å². The van der Waals surface area contributed by atoms with Crippen molar-refractivity contribution in [3.05, 3.63) is 60.2 Å². The SMILES string of the molecule is O=C(NC[C@H](O)C(=O)O)c1ccc(-c2ccccc2)cc1. The molecule has 0 aliphatic heterocycles. The Hall–Kier alpha value is -2.66. The number of benzene rings is 2. The van der Waals surface area contributed by atoms with Gasteiger partial charge in [0.25, 0.3) is 5.91 Å². The first-order valence-electron chi connectivity index (χ1n) is 6.42. The summed E-state index contributed by atoms with van der Waals surface area (Å²) in [6, 6.07) is 16.7. The van der Waals surface area contributed by atoms with Crippen molar-refractivity contribution in [1.29, 1.82) is 0 Å². The number of amides is 1. The van der Waals surface area contributed by atoms with Gasteiger partial charge in [-0.15, -0.1) is 0 Å². The van der Waals surface area contributed by atoms with Gasteiger partial charge in [-0.2, -0.15) is 0 Å². The largest absolute Gasteiger partial charge is 0.479 e. The van der Waals surface area contributed by atoms with Gasteiger partial charge < -0.3 is 15.5 Å². The number of hydrogen-bond donors (Lipinski definition) is 3. The van der Waals surface area contributed by atoms with Crippen LogP contribution >= 0.6 is 0 Å². The van der Waals surface area contributed by atoms with Crippen LogP contribution in [0.5, 0.6) is 0 Å². The molecule has 21 heavy (non-hydrogen) atoms. The minimum atomic E-state index is -1.60. The van der Waals surface area contributed by atoms with E-state index in [0.29, 0.717) is 5.56 Å². The lowest BCUT2D eigenvalue weighted by molar-refractivity contribution is -0.146. The van der Waals surface area contributed by atoms with E-state index < -0.39 is 18.0 Å². The van der Waals surface area contributed by atoms with Crippen molar-refractivity contribution < 1.29 is 19.8 Å². The number of carboxylic acid groups (broad SMARTS) is 1. The Morgan fingerprint density at radius 1 is 0.952 bits per heavy atom. The number of rotatable bonds is 5. The van der Waals surface area contributed by atoms with Crippen LogP contribution in [-0.2, 0) is 4.79 Å². The number of aliphatic hydroxyl groups excluding tert-OH is 1. The highest BCUT2D eigenvalue weighted by Crippen LogP contribution is 2.19. The average molecular weight is 285 g/mol. The summed E-state index contributed by atoms with van der Waals surface area (Å²) in [7, 11) is 0. The van der Waals surface area contributed by atoms with Crippen molar-refractivity contribution >= 4 is 11.9 Å². The van der Waals surface area contributed by atoms with Crippen LogP contribution in [0, 0.1) is 0 Å². The molecule has 0 bridgehead atoms. The molecule has 0 aliphatic rings. The Morgan fingerprint density at radius 3 is 2.10 bits per heavy atom. The molecule has 0 unspecified atom stereocenters. The smallest absolute Gasteiger partial charge is 0.334 e. The number of aliphatic carboxylic acids is 1. The van der Waals surface area contributed by atoms with Crippen LogP contribution in [0.3, 0.4) is 0 Å². The monoisotopic (exact) mass is 285 g/mol. The van der Waals surface area contributed by atoms with Crippen molar-refractivity contribution in [2.24, 2.45) is 0 Å². The second kappa shape index (κ2) is 6.67. The number of carbonyl (C=O) groups is 2. The van der Waals surface area contributed by atoms with Crippen molar-refractivity contribution in [2.45, 2.75) is 6.10 Å². The third-order valence-electron chi connectivity index (χ3n) is 3.00. The van der Waals surface area contributed by atoms with Crippen LogP contribution < -0.4 is 5.32 Å². The van der Waals surface area contributed by atoms with Crippen LogP contribution in [0.2, 0.25) is 0 Å². The normalized spacial score (nSPS) is 11.7. The fourth-order valence-corrected chi connectivity index (χ4v) is 1.82. The van der Waals surface area contributed by atoms with E-state index in [1.165, 1.54) is 0 Å². The number of hydrogen-bond acceptors (Lipinski definition) is 3.